The minimum atomic E-state index is -0.477. The maximum absolute atomic E-state index is 11.9. The fourth-order valence-electron chi connectivity index (χ4n) is 1.89. The second-order valence-corrected chi connectivity index (χ2v) is 5.37. The summed E-state index contributed by atoms with van der Waals surface area (Å²) in [5, 5.41) is 4.67. The van der Waals surface area contributed by atoms with Crippen molar-refractivity contribution in [2.45, 2.75) is 19.5 Å². The Hall–Kier alpha value is -2.08. The van der Waals surface area contributed by atoms with Gasteiger partial charge in [0.1, 0.15) is 6.54 Å². The Labute approximate surface area is 126 Å². The van der Waals surface area contributed by atoms with Crippen molar-refractivity contribution in [3.05, 3.63) is 29.8 Å². The molecular weight excluding hydrogens is 268 g/mol. The molecule has 1 aromatic carbocycles. The summed E-state index contributed by atoms with van der Waals surface area (Å²) >= 11 is 0. The predicted molar refractivity (Wildman–Crippen MR) is 83.4 cm³/mol. The number of nitrogens with zero attached hydrogens (tertiary/aromatic N) is 1. The maximum Gasteiger partial charge on any atom is 0.321 e. The first-order valence-corrected chi connectivity index (χ1v) is 6.96. The molecule has 1 unspecified atom stereocenters. The first kappa shape index (κ1) is 17.0. The zero-order valence-corrected chi connectivity index (χ0v) is 13.4. The highest BCUT2D eigenvalue weighted by Crippen LogP contribution is 2.11. The van der Waals surface area contributed by atoms with E-state index in [1.165, 1.54) is 7.05 Å². The van der Waals surface area contributed by atoms with Gasteiger partial charge in [0, 0.05) is 32.4 Å². The lowest BCUT2D eigenvalue weighted by Crippen LogP contribution is -3.12. The molecule has 6 nitrogen and oxygen atoms in total. The molecule has 0 saturated carbocycles. The largest absolute Gasteiger partial charge is 0.378 e. The van der Waals surface area contributed by atoms with Gasteiger partial charge in [0.05, 0.1) is 7.05 Å². The Morgan fingerprint density at radius 1 is 1.24 bits per heavy atom. The summed E-state index contributed by atoms with van der Waals surface area (Å²) < 4.78 is 0. The van der Waals surface area contributed by atoms with Gasteiger partial charge in [-0.15, -0.1) is 0 Å². The Bertz CT molecular complexity index is 485. The van der Waals surface area contributed by atoms with Crippen LogP contribution in [0.3, 0.4) is 0 Å². The van der Waals surface area contributed by atoms with Crippen LogP contribution in [-0.4, -0.2) is 46.2 Å². The van der Waals surface area contributed by atoms with E-state index in [1.807, 2.05) is 33.0 Å². The zero-order chi connectivity index (χ0) is 16.0. The highest BCUT2D eigenvalue weighted by Gasteiger charge is 2.23. The molecule has 0 bridgehead atoms. The molecule has 0 radical (unpaired) electrons. The first-order valence-electron chi connectivity index (χ1n) is 6.96. The molecule has 0 spiro atoms. The Kier molecular flexibility index (Phi) is 6.17. The molecule has 6 heteroatoms. The zero-order valence-electron chi connectivity index (χ0n) is 13.4. The topological polar surface area (TPSA) is 65.9 Å². The molecule has 1 aromatic rings. The number of imide groups is 1. The lowest BCUT2D eigenvalue weighted by molar-refractivity contribution is -0.908. The van der Waals surface area contributed by atoms with Crippen molar-refractivity contribution in [3.63, 3.8) is 0 Å². The van der Waals surface area contributed by atoms with Gasteiger partial charge in [-0.05, 0) is 19.1 Å². The molecule has 116 valence electrons. The van der Waals surface area contributed by atoms with Gasteiger partial charge in [0.15, 0.2) is 6.04 Å². The number of hydrogen-bond donors (Lipinski definition) is 3. The Balaban J connectivity index is 2.61. The second-order valence-electron chi connectivity index (χ2n) is 5.37. The number of quaternary nitrogens is 1. The van der Waals surface area contributed by atoms with Crippen LogP contribution in [0.2, 0.25) is 0 Å². The van der Waals surface area contributed by atoms with Crippen LogP contribution < -0.4 is 20.4 Å². The molecule has 21 heavy (non-hydrogen) atoms. The van der Waals surface area contributed by atoms with Gasteiger partial charge < -0.3 is 15.1 Å². The lowest BCUT2D eigenvalue weighted by atomic mass is 10.1. The Morgan fingerprint density at radius 3 is 2.29 bits per heavy atom. The molecule has 0 aromatic heterocycles. The van der Waals surface area contributed by atoms with E-state index in [-0.39, 0.29) is 11.9 Å². The minimum absolute atomic E-state index is 0.281. The monoisotopic (exact) mass is 293 g/mol. The van der Waals surface area contributed by atoms with E-state index in [4.69, 9.17) is 0 Å². The standard InChI is InChI=1S/C15H24N4O2/c1-11(14(20)17-15(21)16-2)19(5)10-12-6-8-13(9-7-12)18(3)4/h6-9,11H,10H2,1-5H3,(H2,16,17,20,21)/p+1/t11-/m1/s1. The maximum atomic E-state index is 11.9. The summed E-state index contributed by atoms with van der Waals surface area (Å²) in [4.78, 5) is 26.1. The fourth-order valence-corrected chi connectivity index (χ4v) is 1.89. The van der Waals surface area contributed by atoms with E-state index in [1.54, 1.807) is 0 Å². The van der Waals surface area contributed by atoms with Crippen LogP contribution in [0.25, 0.3) is 0 Å². The fraction of sp³-hybridized carbons (Fsp3) is 0.467. The number of nitrogens with one attached hydrogen (secondary N) is 3. The summed E-state index contributed by atoms with van der Waals surface area (Å²) in [7, 11) is 7.42. The summed E-state index contributed by atoms with van der Waals surface area (Å²) in [5.74, 6) is -0.281. The van der Waals surface area contributed by atoms with E-state index >= 15 is 0 Å². The molecule has 0 heterocycles. The number of benzene rings is 1. The van der Waals surface area contributed by atoms with Gasteiger partial charge in [-0.3, -0.25) is 10.1 Å². The number of anilines is 1. The van der Waals surface area contributed by atoms with Crippen LogP contribution in [0.5, 0.6) is 0 Å². The molecule has 2 atom stereocenters. The van der Waals surface area contributed by atoms with Gasteiger partial charge in [0.2, 0.25) is 0 Å². The van der Waals surface area contributed by atoms with Crippen molar-refractivity contribution < 1.29 is 14.5 Å². The van der Waals surface area contributed by atoms with Crippen molar-refractivity contribution in [3.8, 4) is 0 Å². The molecular formula is C15H25N4O2+. The third kappa shape index (κ3) is 5.07. The van der Waals surface area contributed by atoms with E-state index in [0.29, 0.717) is 0 Å². The summed E-state index contributed by atoms with van der Waals surface area (Å²) in [6, 6.07) is 7.44. The smallest absolute Gasteiger partial charge is 0.321 e. The molecule has 3 N–H and O–H groups in total. The molecule has 0 aliphatic rings. The quantitative estimate of drug-likeness (QED) is 0.693. The number of rotatable bonds is 5. The van der Waals surface area contributed by atoms with Crippen molar-refractivity contribution in [1.82, 2.24) is 10.6 Å². The first-order chi connectivity index (χ1) is 9.85. The van der Waals surface area contributed by atoms with Crippen molar-refractivity contribution in [2.24, 2.45) is 0 Å². The third-order valence-corrected chi connectivity index (χ3v) is 3.53. The number of hydrogen-bond acceptors (Lipinski definition) is 3. The van der Waals surface area contributed by atoms with Gasteiger partial charge in [0.25, 0.3) is 5.91 Å². The molecule has 0 saturated heterocycles. The van der Waals surface area contributed by atoms with Crippen LogP contribution in [0.4, 0.5) is 10.5 Å². The average Bonchev–Trinajstić information content (AvgIpc) is 2.46. The second kappa shape index (κ2) is 7.64. The molecule has 0 aliphatic carbocycles. The average molecular weight is 293 g/mol. The van der Waals surface area contributed by atoms with Crippen LogP contribution in [0, 0.1) is 0 Å². The number of amides is 3. The van der Waals surface area contributed by atoms with E-state index in [2.05, 4.69) is 34.9 Å². The van der Waals surface area contributed by atoms with Crippen molar-refractivity contribution >= 4 is 17.6 Å². The number of likely N-dealkylation sites (N-methyl/N-ethyl adjacent to an activating group) is 1. The van der Waals surface area contributed by atoms with E-state index in [0.717, 1.165) is 22.7 Å². The summed E-state index contributed by atoms with van der Waals surface area (Å²) in [6.07, 6.45) is 0. The van der Waals surface area contributed by atoms with Crippen LogP contribution >= 0.6 is 0 Å². The van der Waals surface area contributed by atoms with E-state index in [9.17, 15) is 9.59 Å². The molecule has 0 fully saturated rings. The highest BCUT2D eigenvalue weighted by atomic mass is 16.2. The summed E-state index contributed by atoms with van der Waals surface area (Å²) in [6.45, 7) is 2.53. The molecule has 1 rings (SSSR count). The highest BCUT2D eigenvalue weighted by molar-refractivity contribution is 5.96. The minimum Gasteiger partial charge on any atom is -0.378 e. The van der Waals surface area contributed by atoms with Gasteiger partial charge >= 0.3 is 6.03 Å². The molecule has 3 amide bonds. The summed E-state index contributed by atoms with van der Waals surface area (Å²) in [5.41, 5.74) is 2.29. The van der Waals surface area contributed by atoms with Gasteiger partial charge in [-0.25, -0.2) is 4.79 Å². The number of carbonyl (C=O) groups excluding carboxylic acids is 2. The number of urea groups is 1. The normalized spacial score (nSPS) is 13.2. The number of carbonyl (C=O) groups is 2. The van der Waals surface area contributed by atoms with Crippen molar-refractivity contribution in [1.29, 1.82) is 0 Å². The third-order valence-electron chi connectivity index (χ3n) is 3.53. The SMILES string of the molecule is CNC(=O)NC(=O)[C@@H](C)[NH+](C)Cc1ccc(N(C)C)cc1. The van der Waals surface area contributed by atoms with E-state index < -0.39 is 6.03 Å². The Morgan fingerprint density at radius 2 is 1.81 bits per heavy atom. The van der Waals surface area contributed by atoms with Crippen LogP contribution in [0.15, 0.2) is 24.3 Å². The lowest BCUT2D eigenvalue weighted by Gasteiger charge is -2.21. The predicted octanol–water partition coefficient (Wildman–Crippen LogP) is -0.389. The van der Waals surface area contributed by atoms with Crippen molar-refractivity contribution in [2.75, 3.05) is 33.1 Å². The van der Waals surface area contributed by atoms with Crippen LogP contribution in [0.1, 0.15) is 12.5 Å². The van der Waals surface area contributed by atoms with Crippen LogP contribution in [-0.2, 0) is 11.3 Å². The van der Waals surface area contributed by atoms with Gasteiger partial charge in [-0.2, -0.15) is 0 Å². The van der Waals surface area contributed by atoms with Gasteiger partial charge in [-0.1, -0.05) is 12.1 Å². The molecule has 0 aliphatic heterocycles.